The first-order chi connectivity index (χ1) is 10.2. The summed E-state index contributed by atoms with van der Waals surface area (Å²) in [5, 5.41) is 3.29. The standard InChI is InChI=1S/C17H27NO3/c1-5-9-20-17-13(18-3)11-16(17)21-14-8-7-12(6-2)10-15(14)19-4/h7-8,10,13,16-18H,5-6,9,11H2,1-4H3. The van der Waals surface area contributed by atoms with E-state index in [0.29, 0.717) is 6.04 Å². The highest BCUT2D eigenvalue weighted by Gasteiger charge is 2.43. The molecule has 0 aliphatic heterocycles. The average Bonchev–Trinajstić information content (AvgIpc) is 2.51. The monoisotopic (exact) mass is 293 g/mol. The summed E-state index contributed by atoms with van der Waals surface area (Å²) in [6, 6.07) is 6.52. The summed E-state index contributed by atoms with van der Waals surface area (Å²) in [6.07, 6.45) is 3.18. The van der Waals surface area contributed by atoms with Crippen molar-refractivity contribution in [3.05, 3.63) is 23.8 Å². The Morgan fingerprint density at radius 1 is 1.24 bits per heavy atom. The highest BCUT2D eigenvalue weighted by Crippen LogP contribution is 2.34. The van der Waals surface area contributed by atoms with Gasteiger partial charge in [0, 0.05) is 19.1 Å². The van der Waals surface area contributed by atoms with Crippen LogP contribution in [0, 0.1) is 0 Å². The Bertz CT molecular complexity index is 450. The second kappa shape index (κ2) is 7.66. The van der Waals surface area contributed by atoms with E-state index >= 15 is 0 Å². The molecule has 1 saturated carbocycles. The van der Waals surface area contributed by atoms with Crippen LogP contribution < -0.4 is 14.8 Å². The molecule has 0 radical (unpaired) electrons. The first-order valence-corrected chi connectivity index (χ1v) is 7.85. The van der Waals surface area contributed by atoms with Crippen LogP contribution in [0.3, 0.4) is 0 Å². The summed E-state index contributed by atoms with van der Waals surface area (Å²) in [6.45, 7) is 5.03. The minimum absolute atomic E-state index is 0.0929. The fourth-order valence-corrected chi connectivity index (χ4v) is 2.65. The van der Waals surface area contributed by atoms with Crippen LogP contribution in [0.5, 0.6) is 11.5 Å². The van der Waals surface area contributed by atoms with Crippen LogP contribution in [0.2, 0.25) is 0 Å². The van der Waals surface area contributed by atoms with Crippen LogP contribution in [-0.2, 0) is 11.2 Å². The Labute approximate surface area is 127 Å². The zero-order chi connectivity index (χ0) is 15.2. The zero-order valence-corrected chi connectivity index (χ0v) is 13.5. The predicted molar refractivity (Wildman–Crippen MR) is 84.3 cm³/mol. The lowest BCUT2D eigenvalue weighted by Gasteiger charge is -2.43. The molecule has 21 heavy (non-hydrogen) atoms. The van der Waals surface area contributed by atoms with Gasteiger partial charge in [-0.2, -0.15) is 0 Å². The largest absolute Gasteiger partial charge is 0.493 e. The predicted octanol–water partition coefficient (Wildman–Crippen LogP) is 2.79. The summed E-state index contributed by atoms with van der Waals surface area (Å²) < 4.78 is 17.5. The second-order valence-electron chi connectivity index (χ2n) is 5.46. The number of nitrogens with one attached hydrogen (secondary N) is 1. The van der Waals surface area contributed by atoms with Crippen LogP contribution >= 0.6 is 0 Å². The van der Waals surface area contributed by atoms with Crippen molar-refractivity contribution in [2.45, 2.75) is 51.4 Å². The van der Waals surface area contributed by atoms with E-state index in [-0.39, 0.29) is 12.2 Å². The highest BCUT2D eigenvalue weighted by molar-refractivity contribution is 5.43. The molecule has 0 saturated heterocycles. The van der Waals surface area contributed by atoms with E-state index in [0.717, 1.165) is 37.4 Å². The van der Waals surface area contributed by atoms with Gasteiger partial charge in [-0.1, -0.05) is 19.9 Å². The number of rotatable bonds is 8. The molecule has 1 fully saturated rings. The lowest BCUT2D eigenvalue weighted by molar-refractivity contribution is -0.106. The fraction of sp³-hybridized carbons (Fsp3) is 0.647. The quantitative estimate of drug-likeness (QED) is 0.800. The topological polar surface area (TPSA) is 39.7 Å². The van der Waals surface area contributed by atoms with Gasteiger partial charge in [-0.3, -0.25) is 0 Å². The van der Waals surface area contributed by atoms with Crippen LogP contribution in [0.4, 0.5) is 0 Å². The van der Waals surface area contributed by atoms with Crippen molar-refractivity contribution in [1.29, 1.82) is 0 Å². The summed E-state index contributed by atoms with van der Waals surface area (Å²) in [5.41, 5.74) is 1.25. The van der Waals surface area contributed by atoms with Gasteiger partial charge in [-0.15, -0.1) is 0 Å². The summed E-state index contributed by atoms with van der Waals surface area (Å²) in [7, 11) is 3.66. The Hall–Kier alpha value is -1.26. The van der Waals surface area contributed by atoms with Crippen molar-refractivity contribution < 1.29 is 14.2 Å². The molecule has 118 valence electrons. The Kier molecular flexibility index (Phi) is 5.88. The van der Waals surface area contributed by atoms with Gasteiger partial charge in [0.2, 0.25) is 0 Å². The molecule has 2 rings (SSSR count). The number of methoxy groups -OCH3 is 1. The lowest BCUT2D eigenvalue weighted by atomic mass is 9.85. The van der Waals surface area contributed by atoms with Gasteiger partial charge < -0.3 is 19.5 Å². The third kappa shape index (κ3) is 3.69. The molecule has 1 aliphatic rings. The van der Waals surface area contributed by atoms with E-state index in [2.05, 4.69) is 25.2 Å². The van der Waals surface area contributed by atoms with Gasteiger partial charge in [-0.25, -0.2) is 0 Å². The smallest absolute Gasteiger partial charge is 0.161 e. The minimum atomic E-state index is 0.0929. The van der Waals surface area contributed by atoms with Crippen molar-refractivity contribution in [2.24, 2.45) is 0 Å². The molecule has 1 aliphatic carbocycles. The fourth-order valence-electron chi connectivity index (χ4n) is 2.65. The third-order valence-corrected chi connectivity index (χ3v) is 4.05. The van der Waals surface area contributed by atoms with Crippen molar-refractivity contribution in [3.8, 4) is 11.5 Å². The van der Waals surface area contributed by atoms with Crippen LogP contribution in [0.15, 0.2) is 18.2 Å². The van der Waals surface area contributed by atoms with Crippen molar-refractivity contribution in [1.82, 2.24) is 5.32 Å². The number of hydrogen-bond acceptors (Lipinski definition) is 4. The van der Waals surface area contributed by atoms with Gasteiger partial charge in [0.15, 0.2) is 11.5 Å². The van der Waals surface area contributed by atoms with Crippen molar-refractivity contribution in [2.75, 3.05) is 20.8 Å². The van der Waals surface area contributed by atoms with E-state index < -0.39 is 0 Å². The maximum atomic E-state index is 6.12. The Balaban J connectivity index is 2.03. The number of ether oxygens (including phenoxy) is 3. The van der Waals surface area contributed by atoms with Crippen LogP contribution in [-0.4, -0.2) is 39.0 Å². The third-order valence-electron chi connectivity index (χ3n) is 4.05. The van der Waals surface area contributed by atoms with Gasteiger partial charge >= 0.3 is 0 Å². The van der Waals surface area contributed by atoms with Gasteiger partial charge in [0.25, 0.3) is 0 Å². The first-order valence-electron chi connectivity index (χ1n) is 7.85. The van der Waals surface area contributed by atoms with Crippen LogP contribution in [0.25, 0.3) is 0 Å². The summed E-state index contributed by atoms with van der Waals surface area (Å²) in [4.78, 5) is 0. The molecule has 4 nitrogen and oxygen atoms in total. The second-order valence-corrected chi connectivity index (χ2v) is 5.46. The van der Waals surface area contributed by atoms with Crippen molar-refractivity contribution >= 4 is 0 Å². The maximum Gasteiger partial charge on any atom is 0.161 e. The molecule has 3 atom stereocenters. The molecule has 0 spiro atoms. The molecular formula is C17H27NO3. The van der Waals surface area contributed by atoms with Gasteiger partial charge in [0.05, 0.1) is 7.11 Å². The first kappa shape index (κ1) is 16.1. The molecule has 0 amide bonds. The van der Waals surface area contributed by atoms with Crippen molar-refractivity contribution in [3.63, 3.8) is 0 Å². The Morgan fingerprint density at radius 3 is 2.67 bits per heavy atom. The minimum Gasteiger partial charge on any atom is -0.493 e. The molecular weight excluding hydrogens is 266 g/mol. The van der Waals surface area contributed by atoms with Crippen LogP contribution in [0.1, 0.15) is 32.3 Å². The molecule has 4 heteroatoms. The molecule has 0 aromatic heterocycles. The van der Waals surface area contributed by atoms with Gasteiger partial charge in [-0.05, 0) is 37.6 Å². The van der Waals surface area contributed by atoms with E-state index in [9.17, 15) is 0 Å². The van der Waals surface area contributed by atoms with E-state index in [1.54, 1.807) is 7.11 Å². The number of likely N-dealkylation sites (N-methyl/N-ethyl adjacent to an activating group) is 1. The van der Waals surface area contributed by atoms with E-state index in [1.807, 2.05) is 19.2 Å². The summed E-state index contributed by atoms with van der Waals surface area (Å²) in [5.74, 6) is 1.61. The molecule has 1 aromatic rings. The highest BCUT2D eigenvalue weighted by atomic mass is 16.6. The SMILES string of the molecule is CCCOC1C(NC)CC1Oc1ccc(CC)cc1OC. The Morgan fingerprint density at radius 2 is 2.05 bits per heavy atom. The normalized spacial score (nSPS) is 24.5. The number of benzene rings is 1. The zero-order valence-electron chi connectivity index (χ0n) is 13.5. The van der Waals surface area contributed by atoms with E-state index in [4.69, 9.17) is 14.2 Å². The van der Waals surface area contributed by atoms with E-state index in [1.165, 1.54) is 5.56 Å². The summed E-state index contributed by atoms with van der Waals surface area (Å²) >= 11 is 0. The number of hydrogen-bond donors (Lipinski definition) is 1. The molecule has 0 bridgehead atoms. The molecule has 0 heterocycles. The van der Waals surface area contributed by atoms with Gasteiger partial charge in [0.1, 0.15) is 12.2 Å². The molecule has 1 aromatic carbocycles. The lowest BCUT2D eigenvalue weighted by Crippen LogP contribution is -2.60. The number of aryl methyl sites for hydroxylation is 1. The average molecular weight is 293 g/mol. The maximum absolute atomic E-state index is 6.12. The molecule has 3 unspecified atom stereocenters. The molecule has 1 N–H and O–H groups in total.